The summed E-state index contributed by atoms with van der Waals surface area (Å²) in [6.07, 6.45) is 2.72. The van der Waals surface area contributed by atoms with Gasteiger partial charge in [-0.2, -0.15) is 0 Å². The summed E-state index contributed by atoms with van der Waals surface area (Å²) in [5.41, 5.74) is 0. The zero-order valence-corrected chi connectivity index (χ0v) is 12.0. The molecule has 0 saturated carbocycles. The number of rotatable bonds is 9. The Kier molecular flexibility index (Phi) is 8.96. The Bertz CT molecular complexity index is 157. The van der Waals surface area contributed by atoms with Crippen LogP contribution in [0.4, 0.5) is 0 Å². The third-order valence-electron chi connectivity index (χ3n) is 2.82. The highest BCUT2D eigenvalue weighted by Crippen LogP contribution is 2.10. The monoisotopic (exact) mass is 229 g/mol. The molecule has 0 aliphatic heterocycles. The van der Waals surface area contributed by atoms with E-state index >= 15 is 0 Å². The van der Waals surface area contributed by atoms with Crippen molar-refractivity contribution in [3.63, 3.8) is 0 Å². The van der Waals surface area contributed by atoms with Crippen molar-refractivity contribution in [2.24, 2.45) is 11.8 Å². The molecular weight excluding hydrogens is 198 g/mol. The van der Waals surface area contributed by atoms with E-state index in [2.05, 4.69) is 46.9 Å². The molecule has 0 aliphatic carbocycles. The summed E-state index contributed by atoms with van der Waals surface area (Å²) in [6.45, 7) is 15.3. The number of hydrogen-bond acceptors (Lipinski definition) is 2. The molecule has 2 heteroatoms. The van der Waals surface area contributed by atoms with E-state index in [0.29, 0.717) is 18.1 Å². The Balaban J connectivity index is 3.82. The van der Waals surface area contributed by atoms with Gasteiger partial charge in [-0.05, 0) is 38.1 Å². The molecule has 1 N–H and O–H groups in total. The fraction of sp³-hybridized carbons (Fsp3) is 1.00. The first-order valence-electron chi connectivity index (χ1n) is 6.82. The normalized spacial score (nSPS) is 15.8. The van der Waals surface area contributed by atoms with Gasteiger partial charge in [0, 0.05) is 6.04 Å². The molecule has 0 heterocycles. The van der Waals surface area contributed by atoms with Crippen LogP contribution in [0.3, 0.4) is 0 Å². The fourth-order valence-electron chi connectivity index (χ4n) is 1.82. The van der Waals surface area contributed by atoms with Crippen molar-refractivity contribution in [3.8, 4) is 0 Å². The van der Waals surface area contributed by atoms with Gasteiger partial charge in [-0.25, -0.2) is 0 Å². The first-order valence-corrected chi connectivity index (χ1v) is 6.82. The molecule has 0 aromatic rings. The summed E-state index contributed by atoms with van der Waals surface area (Å²) >= 11 is 0. The summed E-state index contributed by atoms with van der Waals surface area (Å²) in [5.74, 6) is 1.36. The smallest absolute Gasteiger partial charge is 0.0625 e. The molecule has 0 amide bonds. The largest absolute Gasteiger partial charge is 0.377 e. The second-order valence-electron chi connectivity index (χ2n) is 5.58. The van der Waals surface area contributed by atoms with Gasteiger partial charge in [0.15, 0.2) is 0 Å². The minimum Gasteiger partial charge on any atom is -0.377 e. The molecule has 0 aromatic carbocycles. The molecule has 0 radical (unpaired) electrons. The molecule has 0 rings (SSSR count). The highest BCUT2D eigenvalue weighted by Gasteiger charge is 2.14. The molecule has 0 bridgehead atoms. The molecule has 0 aliphatic rings. The van der Waals surface area contributed by atoms with Crippen LogP contribution in [0.15, 0.2) is 0 Å². The third kappa shape index (κ3) is 8.12. The zero-order valence-electron chi connectivity index (χ0n) is 12.0. The quantitative estimate of drug-likeness (QED) is 0.654. The Labute approximate surface area is 102 Å². The third-order valence-corrected chi connectivity index (χ3v) is 2.82. The highest BCUT2D eigenvalue weighted by molar-refractivity contribution is 4.70. The first kappa shape index (κ1) is 15.9. The minimum atomic E-state index is 0.379. The molecule has 16 heavy (non-hydrogen) atoms. The second kappa shape index (κ2) is 9.00. The van der Waals surface area contributed by atoms with E-state index in [0.717, 1.165) is 25.5 Å². The van der Waals surface area contributed by atoms with Crippen LogP contribution in [-0.2, 0) is 4.74 Å². The molecule has 2 unspecified atom stereocenters. The van der Waals surface area contributed by atoms with Crippen molar-refractivity contribution in [3.05, 3.63) is 0 Å². The SMILES string of the molecule is CCCNC(COC(C)CC(C)C)C(C)C. The van der Waals surface area contributed by atoms with Gasteiger partial charge in [0.2, 0.25) is 0 Å². The summed E-state index contributed by atoms with van der Waals surface area (Å²) < 4.78 is 5.91. The van der Waals surface area contributed by atoms with E-state index < -0.39 is 0 Å². The number of hydrogen-bond donors (Lipinski definition) is 1. The zero-order chi connectivity index (χ0) is 12.6. The lowest BCUT2D eigenvalue weighted by atomic mass is 10.0. The van der Waals surface area contributed by atoms with Crippen LogP contribution in [0.25, 0.3) is 0 Å². The lowest BCUT2D eigenvalue weighted by Gasteiger charge is -2.25. The van der Waals surface area contributed by atoms with Gasteiger partial charge in [0.25, 0.3) is 0 Å². The molecule has 0 spiro atoms. The van der Waals surface area contributed by atoms with Crippen LogP contribution in [0, 0.1) is 11.8 Å². The van der Waals surface area contributed by atoms with Gasteiger partial charge in [0.1, 0.15) is 0 Å². The van der Waals surface area contributed by atoms with Gasteiger partial charge >= 0.3 is 0 Å². The molecule has 2 nitrogen and oxygen atoms in total. The van der Waals surface area contributed by atoms with Crippen LogP contribution >= 0.6 is 0 Å². The van der Waals surface area contributed by atoms with Crippen LogP contribution in [0.5, 0.6) is 0 Å². The van der Waals surface area contributed by atoms with Gasteiger partial charge in [-0.15, -0.1) is 0 Å². The van der Waals surface area contributed by atoms with Crippen molar-refractivity contribution in [1.29, 1.82) is 0 Å². The van der Waals surface area contributed by atoms with E-state index in [9.17, 15) is 0 Å². The van der Waals surface area contributed by atoms with Crippen molar-refractivity contribution < 1.29 is 4.74 Å². The fourth-order valence-corrected chi connectivity index (χ4v) is 1.82. The lowest BCUT2D eigenvalue weighted by Crippen LogP contribution is -2.39. The van der Waals surface area contributed by atoms with E-state index in [-0.39, 0.29) is 0 Å². The molecule has 0 aromatic heterocycles. The second-order valence-corrected chi connectivity index (χ2v) is 5.58. The first-order chi connectivity index (χ1) is 7.47. The molecule has 98 valence electrons. The summed E-state index contributed by atoms with van der Waals surface area (Å²) in [7, 11) is 0. The topological polar surface area (TPSA) is 21.3 Å². The maximum Gasteiger partial charge on any atom is 0.0625 e. The number of nitrogens with one attached hydrogen (secondary N) is 1. The van der Waals surface area contributed by atoms with Crippen molar-refractivity contribution in [1.82, 2.24) is 5.32 Å². The Morgan fingerprint density at radius 1 is 1.06 bits per heavy atom. The van der Waals surface area contributed by atoms with Gasteiger partial charge < -0.3 is 10.1 Å². The highest BCUT2D eigenvalue weighted by atomic mass is 16.5. The summed E-state index contributed by atoms with van der Waals surface area (Å²) in [5, 5.41) is 3.55. The van der Waals surface area contributed by atoms with Crippen molar-refractivity contribution in [2.45, 2.75) is 66.5 Å². The maximum atomic E-state index is 5.91. The van der Waals surface area contributed by atoms with Crippen LogP contribution in [0.1, 0.15) is 54.4 Å². The van der Waals surface area contributed by atoms with Crippen molar-refractivity contribution in [2.75, 3.05) is 13.2 Å². The van der Waals surface area contributed by atoms with E-state index in [4.69, 9.17) is 4.74 Å². The van der Waals surface area contributed by atoms with Gasteiger partial charge in [-0.1, -0.05) is 34.6 Å². The average molecular weight is 229 g/mol. The maximum absolute atomic E-state index is 5.91. The summed E-state index contributed by atoms with van der Waals surface area (Å²) in [6, 6.07) is 0.495. The van der Waals surface area contributed by atoms with Gasteiger partial charge in [-0.3, -0.25) is 0 Å². The van der Waals surface area contributed by atoms with Crippen molar-refractivity contribution >= 4 is 0 Å². The van der Waals surface area contributed by atoms with E-state index in [1.165, 1.54) is 6.42 Å². The van der Waals surface area contributed by atoms with Crippen LogP contribution in [0.2, 0.25) is 0 Å². The average Bonchev–Trinajstić information content (AvgIpc) is 2.16. The Morgan fingerprint density at radius 3 is 2.12 bits per heavy atom. The molecule has 2 atom stereocenters. The Morgan fingerprint density at radius 2 is 1.69 bits per heavy atom. The molecule has 0 saturated heterocycles. The van der Waals surface area contributed by atoms with E-state index in [1.807, 2.05) is 0 Å². The standard InChI is InChI=1S/C14H31NO/c1-7-8-15-14(12(4)5)10-16-13(6)9-11(2)3/h11-15H,7-10H2,1-6H3. The molecule has 0 fully saturated rings. The van der Waals surface area contributed by atoms with Crippen LogP contribution in [-0.4, -0.2) is 25.3 Å². The summed E-state index contributed by atoms with van der Waals surface area (Å²) in [4.78, 5) is 0. The van der Waals surface area contributed by atoms with Gasteiger partial charge in [0.05, 0.1) is 12.7 Å². The minimum absolute atomic E-state index is 0.379. The predicted molar refractivity (Wildman–Crippen MR) is 71.8 cm³/mol. The Hall–Kier alpha value is -0.0800. The lowest BCUT2D eigenvalue weighted by molar-refractivity contribution is 0.0296. The predicted octanol–water partition coefficient (Wildman–Crippen LogP) is 3.46. The van der Waals surface area contributed by atoms with E-state index in [1.54, 1.807) is 0 Å². The van der Waals surface area contributed by atoms with Crippen LogP contribution < -0.4 is 5.32 Å². The molecular formula is C14H31NO. The number of ether oxygens (including phenoxy) is 1.